The molecule has 0 fully saturated rings. The van der Waals surface area contributed by atoms with Gasteiger partial charge in [0.05, 0.1) is 30.0 Å². The Morgan fingerprint density at radius 2 is 1.90 bits per heavy atom. The van der Waals surface area contributed by atoms with Gasteiger partial charge >= 0.3 is 6.09 Å². The molecule has 150 valence electrons. The molecular weight excluding hydrogens is 396 g/mol. The van der Waals surface area contributed by atoms with Crippen molar-refractivity contribution in [1.82, 2.24) is 14.8 Å². The van der Waals surface area contributed by atoms with Crippen LogP contribution in [0.3, 0.4) is 0 Å². The molecule has 2 aliphatic rings. The van der Waals surface area contributed by atoms with E-state index in [1.165, 1.54) is 11.3 Å². The van der Waals surface area contributed by atoms with Crippen molar-refractivity contribution in [2.45, 2.75) is 19.9 Å². The lowest BCUT2D eigenvalue weighted by Crippen LogP contribution is -2.44. The van der Waals surface area contributed by atoms with Gasteiger partial charge in [0.2, 0.25) is 5.91 Å². The molecule has 2 aliphatic heterocycles. The second-order valence-electron chi connectivity index (χ2n) is 6.54. The van der Waals surface area contributed by atoms with Crippen LogP contribution >= 0.6 is 11.3 Å². The average molecular weight is 414 g/mol. The van der Waals surface area contributed by atoms with Crippen molar-refractivity contribution in [2.24, 2.45) is 0 Å². The summed E-state index contributed by atoms with van der Waals surface area (Å²) in [6.45, 7) is 2.42. The molecule has 29 heavy (non-hydrogen) atoms. The Balaban J connectivity index is 1.42. The number of benzene rings is 1. The van der Waals surface area contributed by atoms with Gasteiger partial charge in [-0.25, -0.2) is 9.78 Å². The Morgan fingerprint density at radius 1 is 1.21 bits per heavy atom. The molecule has 1 N–H and O–H groups in total. The van der Waals surface area contributed by atoms with Crippen molar-refractivity contribution >= 4 is 40.3 Å². The maximum absolute atomic E-state index is 12.8. The van der Waals surface area contributed by atoms with Gasteiger partial charge in [-0.05, 0) is 19.1 Å². The standard InChI is InChI=1S/C19H18N4O5S/c1-2-28-19(27)21-18-20-13-7-8-22(9-14(13)29-18)15(24)10-23-16(25)11-5-3-4-6-12(11)17(23)26/h3-6H,2,7-10H2,1H3,(H,20,21,27). The van der Waals surface area contributed by atoms with Gasteiger partial charge in [0.1, 0.15) is 6.54 Å². The molecule has 0 atom stereocenters. The number of hydrogen-bond donors (Lipinski definition) is 1. The fraction of sp³-hybridized carbons (Fsp3) is 0.316. The Labute approximate surface area is 170 Å². The van der Waals surface area contributed by atoms with E-state index in [9.17, 15) is 19.2 Å². The second kappa shape index (κ2) is 7.63. The summed E-state index contributed by atoms with van der Waals surface area (Å²) in [5.74, 6) is -1.20. The number of aromatic nitrogens is 1. The lowest BCUT2D eigenvalue weighted by atomic mass is 10.1. The molecule has 9 nitrogen and oxygen atoms in total. The molecule has 2 aromatic rings. The van der Waals surface area contributed by atoms with E-state index in [0.717, 1.165) is 15.5 Å². The molecule has 0 radical (unpaired) electrons. The van der Waals surface area contributed by atoms with Crippen LogP contribution in [0.2, 0.25) is 0 Å². The van der Waals surface area contributed by atoms with E-state index in [0.29, 0.717) is 35.8 Å². The number of fused-ring (bicyclic) bond motifs is 2. The first-order valence-electron chi connectivity index (χ1n) is 9.13. The molecule has 0 bridgehead atoms. The zero-order valence-corrected chi connectivity index (χ0v) is 16.5. The third-order valence-electron chi connectivity index (χ3n) is 4.74. The zero-order valence-electron chi connectivity index (χ0n) is 15.6. The van der Waals surface area contributed by atoms with E-state index in [1.54, 1.807) is 36.1 Å². The van der Waals surface area contributed by atoms with Gasteiger partial charge in [0, 0.05) is 17.8 Å². The number of anilines is 1. The van der Waals surface area contributed by atoms with Gasteiger partial charge in [-0.3, -0.25) is 24.6 Å². The van der Waals surface area contributed by atoms with Crippen LogP contribution in [-0.2, 0) is 22.5 Å². The van der Waals surface area contributed by atoms with Crippen LogP contribution < -0.4 is 5.32 Å². The molecule has 1 aromatic carbocycles. The number of nitrogens with zero attached hydrogens (tertiary/aromatic N) is 3. The molecule has 10 heteroatoms. The average Bonchev–Trinajstić information content (AvgIpc) is 3.21. The van der Waals surface area contributed by atoms with Crippen molar-refractivity contribution in [3.05, 3.63) is 46.0 Å². The van der Waals surface area contributed by atoms with Gasteiger partial charge in [-0.1, -0.05) is 23.5 Å². The van der Waals surface area contributed by atoms with Crippen LogP contribution in [0.1, 0.15) is 38.2 Å². The Bertz CT molecular complexity index is 983. The first kappa shape index (κ1) is 19.1. The first-order chi connectivity index (χ1) is 14.0. The molecule has 4 rings (SSSR count). The third-order valence-corrected chi connectivity index (χ3v) is 5.74. The van der Waals surface area contributed by atoms with E-state index >= 15 is 0 Å². The van der Waals surface area contributed by atoms with Gasteiger partial charge in [0.15, 0.2) is 5.13 Å². The predicted molar refractivity (Wildman–Crippen MR) is 104 cm³/mol. The molecular formula is C19H18N4O5S. The first-order valence-corrected chi connectivity index (χ1v) is 9.95. The van der Waals surface area contributed by atoms with Gasteiger partial charge in [-0.2, -0.15) is 0 Å². The second-order valence-corrected chi connectivity index (χ2v) is 7.63. The highest BCUT2D eigenvalue weighted by molar-refractivity contribution is 7.15. The smallest absolute Gasteiger partial charge is 0.413 e. The maximum atomic E-state index is 12.8. The number of carbonyl (C=O) groups is 4. The number of nitrogens with one attached hydrogen (secondary N) is 1. The van der Waals surface area contributed by atoms with Crippen molar-refractivity contribution in [1.29, 1.82) is 0 Å². The number of amides is 4. The normalized spacial score (nSPS) is 15.2. The molecule has 0 saturated carbocycles. The highest BCUT2D eigenvalue weighted by Crippen LogP contribution is 2.29. The Kier molecular flexibility index (Phi) is 5.01. The lowest BCUT2D eigenvalue weighted by Gasteiger charge is -2.27. The zero-order chi connectivity index (χ0) is 20.5. The minimum Gasteiger partial charge on any atom is -0.450 e. The monoisotopic (exact) mass is 414 g/mol. The fourth-order valence-corrected chi connectivity index (χ4v) is 4.34. The van der Waals surface area contributed by atoms with Crippen molar-refractivity contribution in [3.8, 4) is 0 Å². The molecule has 4 amide bonds. The maximum Gasteiger partial charge on any atom is 0.413 e. The van der Waals surface area contributed by atoms with Crippen LogP contribution in [0.15, 0.2) is 24.3 Å². The Hall–Kier alpha value is -3.27. The molecule has 0 saturated heterocycles. The van der Waals surface area contributed by atoms with Crippen LogP contribution in [0.5, 0.6) is 0 Å². The summed E-state index contributed by atoms with van der Waals surface area (Å²) in [6, 6.07) is 6.55. The van der Waals surface area contributed by atoms with Crippen molar-refractivity contribution < 1.29 is 23.9 Å². The molecule has 3 heterocycles. The van der Waals surface area contributed by atoms with E-state index < -0.39 is 17.9 Å². The molecule has 1 aromatic heterocycles. The summed E-state index contributed by atoms with van der Waals surface area (Å²) in [4.78, 5) is 57.0. The van der Waals surface area contributed by atoms with Gasteiger partial charge in [0.25, 0.3) is 11.8 Å². The number of imide groups is 1. The highest BCUT2D eigenvalue weighted by Gasteiger charge is 2.37. The van der Waals surface area contributed by atoms with Crippen LogP contribution in [0.4, 0.5) is 9.93 Å². The van der Waals surface area contributed by atoms with Crippen LogP contribution in [0.25, 0.3) is 0 Å². The summed E-state index contributed by atoms with van der Waals surface area (Å²) in [7, 11) is 0. The lowest BCUT2D eigenvalue weighted by molar-refractivity contribution is -0.132. The number of thiazole rings is 1. The minimum absolute atomic E-state index is 0.261. The number of ether oxygens (including phenoxy) is 1. The number of rotatable bonds is 4. The molecule has 0 unspecified atom stereocenters. The van der Waals surface area contributed by atoms with Crippen LogP contribution in [0, 0.1) is 0 Å². The van der Waals surface area contributed by atoms with Gasteiger partial charge < -0.3 is 9.64 Å². The van der Waals surface area contributed by atoms with E-state index in [4.69, 9.17) is 4.74 Å². The predicted octanol–water partition coefficient (Wildman–Crippen LogP) is 1.89. The summed E-state index contributed by atoms with van der Waals surface area (Å²) in [5, 5.41) is 2.99. The van der Waals surface area contributed by atoms with E-state index in [1.807, 2.05) is 0 Å². The minimum atomic E-state index is -0.572. The van der Waals surface area contributed by atoms with Crippen LogP contribution in [-0.4, -0.2) is 58.3 Å². The summed E-state index contributed by atoms with van der Waals surface area (Å²) < 4.78 is 4.84. The molecule has 0 spiro atoms. The van der Waals surface area contributed by atoms with Crippen molar-refractivity contribution in [2.75, 3.05) is 25.0 Å². The SMILES string of the molecule is CCOC(=O)Nc1nc2c(s1)CN(C(=O)CN1C(=O)c3ccccc3C1=O)CC2. The topological polar surface area (TPSA) is 109 Å². The summed E-state index contributed by atoms with van der Waals surface area (Å²) in [6.07, 6.45) is -0.0401. The van der Waals surface area contributed by atoms with E-state index in [-0.39, 0.29) is 19.1 Å². The van der Waals surface area contributed by atoms with Gasteiger partial charge in [-0.15, -0.1) is 0 Å². The number of carbonyl (C=O) groups excluding carboxylic acids is 4. The molecule has 0 aliphatic carbocycles. The highest BCUT2D eigenvalue weighted by atomic mass is 32.1. The summed E-state index contributed by atoms with van der Waals surface area (Å²) >= 11 is 1.28. The van der Waals surface area contributed by atoms with E-state index in [2.05, 4.69) is 10.3 Å². The summed E-state index contributed by atoms with van der Waals surface area (Å²) in [5.41, 5.74) is 1.47. The van der Waals surface area contributed by atoms with Crippen molar-refractivity contribution in [3.63, 3.8) is 0 Å². The largest absolute Gasteiger partial charge is 0.450 e. The third kappa shape index (κ3) is 3.58. The quantitative estimate of drug-likeness (QED) is 0.766. The number of hydrogen-bond acceptors (Lipinski definition) is 7. The Morgan fingerprint density at radius 3 is 2.55 bits per heavy atom. The fourth-order valence-electron chi connectivity index (χ4n) is 3.33.